The second-order valence-corrected chi connectivity index (χ2v) is 8.79. The van der Waals surface area contributed by atoms with Crippen molar-refractivity contribution in [2.24, 2.45) is 0 Å². The number of likely N-dealkylation sites (N-methyl/N-ethyl adjacent to an activating group) is 1. The number of thiophene rings is 1. The molecule has 2 N–H and O–H groups in total. The van der Waals surface area contributed by atoms with Crippen LogP contribution in [0.4, 0.5) is 5.69 Å². The van der Waals surface area contributed by atoms with Crippen LogP contribution in [0, 0.1) is 0 Å². The summed E-state index contributed by atoms with van der Waals surface area (Å²) in [5.74, 6) is 0.836. The van der Waals surface area contributed by atoms with Crippen LogP contribution in [-0.2, 0) is 10.5 Å². The molecule has 0 aliphatic carbocycles. The minimum absolute atomic E-state index is 0.0957. The lowest BCUT2D eigenvalue weighted by atomic mass is 10.1. The Hall–Kier alpha value is -3.23. The van der Waals surface area contributed by atoms with Crippen LogP contribution in [0.2, 0.25) is 0 Å². The maximum atomic E-state index is 13.1. The largest absolute Gasteiger partial charge is 0.484 e. The van der Waals surface area contributed by atoms with E-state index < -0.39 is 0 Å². The van der Waals surface area contributed by atoms with Gasteiger partial charge >= 0.3 is 0 Å². The predicted molar refractivity (Wildman–Crippen MR) is 124 cm³/mol. The predicted octanol–water partition coefficient (Wildman–Crippen LogP) is 5.16. The number of amides is 2. The number of fused-ring (bicyclic) bond motifs is 1. The topological polar surface area (TPSA) is 80.6 Å². The Balaban J connectivity index is 1.55. The number of carbonyl (C=O) groups is 2. The molecule has 0 aliphatic rings. The third-order valence-corrected chi connectivity index (χ3v) is 6.66. The van der Waals surface area contributed by atoms with Gasteiger partial charge in [-0.05, 0) is 29.6 Å². The lowest BCUT2D eigenvalue weighted by Crippen LogP contribution is -2.24. The van der Waals surface area contributed by atoms with Gasteiger partial charge in [0.25, 0.3) is 11.8 Å². The number of hydrogen-bond acceptors (Lipinski definition) is 6. The fraction of sp³-hybridized carbons (Fsp3) is 0.130. The Kier molecular flexibility index (Phi) is 6.59. The van der Waals surface area contributed by atoms with E-state index in [4.69, 9.17) is 9.15 Å². The first kappa shape index (κ1) is 21.0. The third-order valence-electron chi connectivity index (χ3n) is 4.50. The standard InChI is InChI=1S/C23H20N2O4S2/c1-24-20(26)13-28-16-7-4-6-15(12-16)25-23(27)22-18(14-31-21-10-5-11-30-21)17-8-2-3-9-19(17)29-22/h2-12H,13-14H2,1H3,(H,24,26)(H,25,27). The van der Waals surface area contributed by atoms with Gasteiger partial charge in [-0.3, -0.25) is 9.59 Å². The molecule has 4 aromatic rings. The number of carbonyl (C=O) groups excluding carboxylic acids is 2. The molecule has 0 bridgehead atoms. The van der Waals surface area contributed by atoms with Gasteiger partial charge in [-0.1, -0.05) is 30.3 Å². The number of ether oxygens (including phenoxy) is 1. The second-order valence-electron chi connectivity index (χ2n) is 6.57. The molecular formula is C23H20N2O4S2. The quantitative estimate of drug-likeness (QED) is 0.361. The minimum Gasteiger partial charge on any atom is -0.484 e. The third kappa shape index (κ3) is 5.10. The van der Waals surface area contributed by atoms with E-state index in [-0.39, 0.29) is 18.4 Å². The minimum atomic E-state index is -0.332. The van der Waals surface area contributed by atoms with E-state index in [0.29, 0.717) is 28.5 Å². The van der Waals surface area contributed by atoms with Crippen molar-refractivity contribution in [1.29, 1.82) is 0 Å². The average molecular weight is 453 g/mol. The smallest absolute Gasteiger partial charge is 0.291 e. The fourth-order valence-electron chi connectivity index (χ4n) is 2.99. The van der Waals surface area contributed by atoms with Crippen molar-refractivity contribution in [2.45, 2.75) is 9.96 Å². The average Bonchev–Trinajstić information content (AvgIpc) is 3.44. The molecule has 0 saturated carbocycles. The summed E-state index contributed by atoms with van der Waals surface area (Å²) in [6, 6.07) is 18.6. The Morgan fingerprint density at radius 1 is 1.10 bits per heavy atom. The molecule has 8 heteroatoms. The SMILES string of the molecule is CNC(=O)COc1cccc(NC(=O)c2oc3ccccc3c2CSc2cccs2)c1. The van der Waals surface area contributed by atoms with Crippen LogP contribution >= 0.6 is 23.1 Å². The van der Waals surface area contributed by atoms with E-state index in [1.165, 1.54) is 4.21 Å². The molecule has 0 radical (unpaired) electrons. The highest BCUT2D eigenvalue weighted by atomic mass is 32.2. The first-order valence-electron chi connectivity index (χ1n) is 9.55. The van der Waals surface area contributed by atoms with Crippen LogP contribution in [0.15, 0.2) is 74.7 Å². The summed E-state index contributed by atoms with van der Waals surface area (Å²) < 4.78 is 12.5. The molecular weight excluding hydrogens is 432 g/mol. The van der Waals surface area contributed by atoms with Gasteiger partial charge < -0.3 is 19.8 Å². The molecule has 2 heterocycles. The van der Waals surface area contributed by atoms with E-state index in [9.17, 15) is 9.59 Å². The molecule has 4 rings (SSSR count). The summed E-state index contributed by atoms with van der Waals surface area (Å²) >= 11 is 3.34. The van der Waals surface area contributed by atoms with E-state index >= 15 is 0 Å². The van der Waals surface area contributed by atoms with Crippen LogP contribution in [0.5, 0.6) is 5.75 Å². The van der Waals surface area contributed by atoms with Gasteiger partial charge in [0, 0.05) is 35.5 Å². The van der Waals surface area contributed by atoms with Crippen molar-refractivity contribution < 1.29 is 18.7 Å². The number of furan rings is 1. The van der Waals surface area contributed by atoms with Crippen molar-refractivity contribution in [2.75, 3.05) is 19.0 Å². The summed E-state index contributed by atoms with van der Waals surface area (Å²) in [6.45, 7) is -0.0957. The first-order valence-corrected chi connectivity index (χ1v) is 11.4. The number of benzene rings is 2. The Morgan fingerprint density at radius 3 is 2.77 bits per heavy atom. The highest BCUT2D eigenvalue weighted by Gasteiger charge is 2.21. The second kappa shape index (κ2) is 9.72. The zero-order chi connectivity index (χ0) is 21.6. The summed E-state index contributed by atoms with van der Waals surface area (Å²) in [5, 5.41) is 8.33. The van der Waals surface area contributed by atoms with Crippen LogP contribution in [0.1, 0.15) is 16.1 Å². The van der Waals surface area contributed by atoms with E-state index in [1.54, 1.807) is 54.4 Å². The summed E-state index contributed by atoms with van der Waals surface area (Å²) in [4.78, 5) is 24.5. The first-order chi connectivity index (χ1) is 15.1. The van der Waals surface area contributed by atoms with Crippen LogP contribution in [0.3, 0.4) is 0 Å². The summed E-state index contributed by atoms with van der Waals surface area (Å²) in [6.07, 6.45) is 0. The van der Waals surface area contributed by atoms with Gasteiger partial charge in [-0.25, -0.2) is 0 Å². The molecule has 2 aromatic heterocycles. The van der Waals surface area contributed by atoms with E-state index in [1.807, 2.05) is 35.7 Å². The van der Waals surface area contributed by atoms with Gasteiger partial charge in [-0.2, -0.15) is 0 Å². The van der Waals surface area contributed by atoms with E-state index in [0.717, 1.165) is 10.9 Å². The van der Waals surface area contributed by atoms with Crippen molar-refractivity contribution in [3.05, 3.63) is 77.4 Å². The van der Waals surface area contributed by atoms with E-state index in [2.05, 4.69) is 16.7 Å². The number of rotatable bonds is 8. The molecule has 0 atom stereocenters. The molecule has 0 unspecified atom stereocenters. The lowest BCUT2D eigenvalue weighted by Gasteiger charge is -2.09. The molecule has 0 fully saturated rings. The Bertz CT molecular complexity index is 1200. The van der Waals surface area contributed by atoms with Crippen LogP contribution in [0.25, 0.3) is 11.0 Å². The van der Waals surface area contributed by atoms with Gasteiger partial charge in [0.05, 0.1) is 4.21 Å². The van der Waals surface area contributed by atoms with Crippen molar-refractivity contribution in [1.82, 2.24) is 5.32 Å². The molecule has 6 nitrogen and oxygen atoms in total. The van der Waals surface area contributed by atoms with Gasteiger partial charge in [0.15, 0.2) is 12.4 Å². The lowest BCUT2D eigenvalue weighted by molar-refractivity contribution is -0.122. The molecule has 2 aromatic carbocycles. The number of thioether (sulfide) groups is 1. The van der Waals surface area contributed by atoms with Gasteiger partial charge in [0.1, 0.15) is 11.3 Å². The zero-order valence-electron chi connectivity index (χ0n) is 16.7. The number of anilines is 1. The maximum absolute atomic E-state index is 13.1. The molecule has 0 aliphatic heterocycles. The fourth-order valence-corrected chi connectivity index (χ4v) is 4.80. The maximum Gasteiger partial charge on any atom is 0.291 e. The number of nitrogens with one attached hydrogen (secondary N) is 2. The molecule has 2 amide bonds. The summed E-state index contributed by atoms with van der Waals surface area (Å²) in [7, 11) is 1.55. The van der Waals surface area contributed by atoms with Crippen molar-refractivity contribution >= 4 is 51.6 Å². The van der Waals surface area contributed by atoms with Gasteiger partial charge in [0.2, 0.25) is 0 Å². The zero-order valence-corrected chi connectivity index (χ0v) is 18.3. The number of para-hydroxylation sites is 1. The van der Waals surface area contributed by atoms with Crippen LogP contribution in [-0.4, -0.2) is 25.5 Å². The van der Waals surface area contributed by atoms with Crippen molar-refractivity contribution in [3.63, 3.8) is 0 Å². The van der Waals surface area contributed by atoms with Crippen molar-refractivity contribution in [3.8, 4) is 5.75 Å². The highest BCUT2D eigenvalue weighted by Crippen LogP contribution is 2.34. The monoisotopic (exact) mass is 452 g/mol. The highest BCUT2D eigenvalue weighted by molar-refractivity contribution is 8.00. The summed E-state index contributed by atoms with van der Waals surface area (Å²) in [5.41, 5.74) is 2.09. The molecule has 0 spiro atoms. The molecule has 0 saturated heterocycles. The molecule has 158 valence electrons. The normalized spacial score (nSPS) is 10.7. The number of hydrogen-bond donors (Lipinski definition) is 2. The van der Waals surface area contributed by atoms with Crippen LogP contribution < -0.4 is 15.4 Å². The Labute approximate surface area is 187 Å². The molecule has 31 heavy (non-hydrogen) atoms. The van der Waals surface area contributed by atoms with Gasteiger partial charge in [-0.15, -0.1) is 23.1 Å². The Morgan fingerprint density at radius 2 is 1.97 bits per heavy atom.